The van der Waals surface area contributed by atoms with Gasteiger partial charge in [-0.15, -0.1) is 0 Å². The molecule has 0 saturated carbocycles. The molecule has 0 unspecified atom stereocenters. The van der Waals surface area contributed by atoms with E-state index >= 15 is 0 Å². The molecule has 0 saturated heterocycles. The average Bonchev–Trinajstić information content (AvgIpc) is 3.15. The summed E-state index contributed by atoms with van der Waals surface area (Å²) in [5, 5.41) is 4.58. The maximum absolute atomic E-state index is 13.0. The zero-order valence-corrected chi connectivity index (χ0v) is 17.2. The van der Waals surface area contributed by atoms with Crippen LogP contribution in [0.1, 0.15) is 22.3 Å². The minimum atomic E-state index is -4.35. The summed E-state index contributed by atoms with van der Waals surface area (Å²) in [6, 6.07) is 19.1. The average molecular weight is 420 g/mol. The van der Waals surface area contributed by atoms with Gasteiger partial charge in [0.15, 0.2) is 0 Å². The van der Waals surface area contributed by atoms with Crippen molar-refractivity contribution in [3.05, 3.63) is 102 Å². The molecule has 3 aromatic carbocycles. The summed E-state index contributed by atoms with van der Waals surface area (Å²) < 4.78 is 38.9. The fraction of sp³-hybridized carbons (Fsp3) is 0.154. The van der Waals surface area contributed by atoms with E-state index in [9.17, 15) is 13.2 Å². The third-order valence-corrected chi connectivity index (χ3v) is 5.41. The Balaban J connectivity index is 1.40. The van der Waals surface area contributed by atoms with Crippen LogP contribution in [0.4, 0.5) is 13.2 Å². The summed E-state index contributed by atoms with van der Waals surface area (Å²) in [5.41, 5.74) is 5.92. The van der Waals surface area contributed by atoms with Crippen LogP contribution >= 0.6 is 0 Å². The van der Waals surface area contributed by atoms with Crippen LogP contribution in [0.25, 0.3) is 27.7 Å². The number of hydrogen-bond acceptors (Lipinski definition) is 1. The first-order valence-corrected chi connectivity index (χ1v) is 10.1. The predicted octanol–water partition coefficient (Wildman–Crippen LogP) is 6.97. The van der Waals surface area contributed by atoms with Gasteiger partial charge in [-0.3, -0.25) is 0 Å². The Bertz CT molecular complexity index is 1220. The number of aromatic amines is 1. The molecule has 2 nitrogen and oxygen atoms in total. The molecule has 2 N–H and O–H groups in total. The molecule has 158 valence electrons. The Morgan fingerprint density at radius 3 is 2.48 bits per heavy atom. The number of H-pyrrole nitrogens is 1. The molecule has 0 fully saturated rings. The minimum absolute atomic E-state index is 0.537. The molecular weight excluding hydrogens is 397 g/mol. The van der Waals surface area contributed by atoms with Crippen molar-refractivity contribution in [2.45, 2.75) is 19.5 Å². The number of rotatable bonds is 6. The Kier molecular flexibility index (Phi) is 5.59. The van der Waals surface area contributed by atoms with Gasteiger partial charge in [0.1, 0.15) is 0 Å². The molecule has 0 spiro atoms. The lowest BCUT2D eigenvalue weighted by Crippen LogP contribution is -2.14. The molecule has 4 rings (SSSR count). The van der Waals surface area contributed by atoms with Crippen molar-refractivity contribution in [3.63, 3.8) is 0 Å². The van der Waals surface area contributed by atoms with Crippen molar-refractivity contribution in [3.8, 4) is 11.1 Å². The second-order valence-electron chi connectivity index (χ2n) is 7.67. The maximum atomic E-state index is 13.0. The molecule has 0 amide bonds. The van der Waals surface area contributed by atoms with Crippen LogP contribution in [0, 0.1) is 6.92 Å². The quantitative estimate of drug-likeness (QED) is 0.346. The second kappa shape index (κ2) is 8.34. The zero-order chi connectivity index (χ0) is 22.0. The van der Waals surface area contributed by atoms with Gasteiger partial charge in [0, 0.05) is 29.3 Å². The lowest BCUT2D eigenvalue weighted by atomic mass is 10.0. The van der Waals surface area contributed by atoms with Gasteiger partial charge in [0.05, 0.1) is 5.56 Å². The topological polar surface area (TPSA) is 27.8 Å². The Morgan fingerprint density at radius 1 is 0.968 bits per heavy atom. The lowest BCUT2D eigenvalue weighted by Gasteiger charge is -2.12. The zero-order valence-electron chi connectivity index (χ0n) is 17.2. The van der Waals surface area contributed by atoms with Gasteiger partial charge in [-0.05, 0) is 59.9 Å². The van der Waals surface area contributed by atoms with Crippen molar-refractivity contribution in [1.29, 1.82) is 0 Å². The minimum Gasteiger partial charge on any atom is -0.385 e. The molecule has 0 atom stereocenters. The predicted molar refractivity (Wildman–Crippen MR) is 121 cm³/mol. The molecule has 0 radical (unpaired) electrons. The molecule has 0 aliphatic rings. The van der Waals surface area contributed by atoms with Gasteiger partial charge in [-0.1, -0.05) is 54.6 Å². The first-order valence-electron chi connectivity index (χ1n) is 10.1. The van der Waals surface area contributed by atoms with Crippen LogP contribution in [0.3, 0.4) is 0 Å². The van der Waals surface area contributed by atoms with E-state index in [2.05, 4.69) is 42.0 Å². The van der Waals surface area contributed by atoms with E-state index in [0.29, 0.717) is 5.56 Å². The Hall–Kier alpha value is -3.47. The molecule has 1 aromatic heterocycles. The highest BCUT2D eigenvalue weighted by Crippen LogP contribution is 2.32. The van der Waals surface area contributed by atoms with Crippen molar-refractivity contribution >= 4 is 16.6 Å². The van der Waals surface area contributed by atoms with E-state index in [1.807, 2.05) is 30.5 Å². The summed E-state index contributed by atoms with van der Waals surface area (Å²) in [6.07, 6.45) is -1.46. The highest BCUT2D eigenvalue weighted by atomic mass is 19.4. The summed E-state index contributed by atoms with van der Waals surface area (Å²) in [6.45, 7) is 6.92. The van der Waals surface area contributed by atoms with E-state index in [4.69, 9.17) is 0 Å². The summed E-state index contributed by atoms with van der Waals surface area (Å²) >= 11 is 0. The normalized spacial score (nSPS) is 11.6. The number of aromatic nitrogens is 1. The van der Waals surface area contributed by atoms with E-state index < -0.39 is 11.7 Å². The third-order valence-electron chi connectivity index (χ3n) is 5.41. The van der Waals surface area contributed by atoms with Gasteiger partial charge >= 0.3 is 6.18 Å². The number of aryl methyl sites for hydroxylation is 1. The molecule has 1 heterocycles. The van der Waals surface area contributed by atoms with Gasteiger partial charge in [0.25, 0.3) is 0 Å². The summed E-state index contributed by atoms with van der Waals surface area (Å²) in [7, 11) is 0. The van der Waals surface area contributed by atoms with Crippen LogP contribution in [0.5, 0.6) is 0 Å². The summed E-state index contributed by atoms with van der Waals surface area (Å²) in [4.78, 5) is 3.30. The second-order valence-corrected chi connectivity index (χ2v) is 7.67. The van der Waals surface area contributed by atoms with Crippen molar-refractivity contribution < 1.29 is 13.2 Å². The standard InChI is InChI=1S/C26H23F3N2/c1-17-6-11-25-24(14-17)22(16-31-25)12-13-30-18(2)19-7-9-20(10-8-19)21-4-3-5-23(15-21)26(27,28)29/h3-11,14-16,30-31H,2,12-13H2,1H3. The monoisotopic (exact) mass is 420 g/mol. The SMILES string of the molecule is C=C(NCCc1c[nH]c2ccc(C)cc12)c1ccc(-c2cccc(C(F)(F)F)c2)cc1. The lowest BCUT2D eigenvalue weighted by molar-refractivity contribution is -0.137. The number of fused-ring (bicyclic) bond motifs is 1. The molecule has 0 aliphatic heterocycles. The molecule has 0 bridgehead atoms. The van der Waals surface area contributed by atoms with Crippen molar-refractivity contribution in [2.24, 2.45) is 0 Å². The van der Waals surface area contributed by atoms with E-state index in [1.54, 1.807) is 6.07 Å². The number of nitrogens with one attached hydrogen (secondary N) is 2. The first-order chi connectivity index (χ1) is 14.8. The fourth-order valence-electron chi connectivity index (χ4n) is 3.69. The number of halogens is 3. The smallest absolute Gasteiger partial charge is 0.385 e. The van der Waals surface area contributed by atoms with Crippen LogP contribution in [0.2, 0.25) is 0 Å². The van der Waals surface area contributed by atoms with Gasteiger partial charge in [0.2, 0.25) is 0 Å². The van der Waals surface area contributed by atoms with Crippen molar-refractivity contribution in [2.75, 3.05) is 6.54 Å². The third kappa shape index (κ3) is 4.66. The maximum Gasteiger partial charge on any atom is 0.416 e. The molecular formula is C26H23F3N2. The van der Waals surface area contributed by atoms with Gasteiger partial charge < -0.3 is 10.3 Å². The highest BCUT2D eigenvalue weighted by molar-refractivity contribution is 5.84. The summed E-state index contributed by atoms with van der Waals surface area (Å²) in [5.74, 6) is 0. The van der Waals surface area contributed by atoms with Gasteiger partial charge in [-0.2, -0.15) is 13.2 Å². The van der Waals surface area contributed by atoms with Gasteiger partial charge in [-0.25, -0.2) is 0 Å². The van der Waals surface area contributed by atoms with Crippen LogP contribution in [-0.4, -0.2) is 11.5 Å². The van der Waals surface area contributed by atoms with Crippen molar-refractivity contribution in [1.82, 2.24) is 10.3 Å². The fourth-order valence-corrected chi connectivity index (χ4v) is 3.69. The molecule has 5 heteroatoms. The van der Waals surface area contributed by atoms with Crippen LogP contribution in [-0.2, 0) is 12.6 Å². The largest absolute Gasteiger partial charge is 0.416 e. The molecule has 4 aromatic rings. The highest BCUT2D eigenvalue weighted by Gasteiger charge is 2.30. The molecule has 0 aliphatic carbocycles. The number of benzene rings is 3. The first kappa shape index (κ1) is 20.8. The number of alkyl halides is 3. The van der Waals surface area contributed by atoms with E-state index in [-0.39, 0.29) is 0 Å². The van der Waals surface area contributed by atoms with E-state index in [1.165, 1.54) is 28.6 Å². The Morgan fingerprint density at radius 2 is 1.74 bits per heavy atom. The van der Waals surface area contributed by atoms with E-state index in [0.717, 1.165) is 41.4 Å². The number of hydrogen-bond donors (Lipinski definition) is 2. The van der Waals surface area contributed by atoms with Crippen LogP contribution in [0.15, 0.2) is 79.5 Å². The van der Waals surface area contributed by atoms with Crippen LogP contribution < -0.4 is 5.32 Å². The Labute approximate surface area is 179 Å². The molecule has 31 heavy (non-hydrogen) atoms.